The first kappa shape index (κ1) is 31.1. The van der Waals surface area contributed by atoms with Gasteiger partial charge in [-0.05, 0) is 89.0 Å². The van der Waals surface area contributed by atoms with Crippen molar-refractivity contribution in [2.24, 2.45) is 0 Å². The van der Waals surface area contributed by atoms with Gasteiger partial charge in [-0.25, -0.2) is 9.80 Å². The number of nitrogens with zero attached hydrogens (tertiary/aromatic N) is 2. The minimum Gasteiger partial charge on any atom is -0.396 e. The lowest BCUT2D eigenvalue weighted by molar-refractivity contribution is 0.0909. The second kappa shape index (κ2) is 11.3. The van der Waals surface area contributed by atoms with Crippen molar-refractivity contribution >= 4 is 104 Å². The molecule has 0 atom stereocenters. The highest BCUT2D eigenvalue weighted by Crippen LogP contribution is 2.41. The molecule has 8 nitrogen and oxygen atoms in total. The molecule has 0 saturated heterocycles. The van der Waals surface area contributed by atoms with Gasteiger partial charge < -0.3 is 11.5 Å². The molecular formula is C34H17Cl5N4O4. The van der Waals surface area contributed by atoms with Gasteiger partial charge in [0.1, 0.15) is 0 Å². The van der Waals surface area contributed by atoms with Crippen LogP contribution >= 0.6 is 58.0 Å². The highest BCUT2D eigenvalue weighted by molar-refractivity contribution is 6.42. The summed E-state index contributed by atoms with van der Waals surface area (Å²) in [6, 6.07) is 20.2. The van der Waals surface area contributed by atoms with Crippen LogP contribution in [0.2, 0.25) is 25.1 Å². The maximum absolute atomic E-state index is 13.6. The molecule has 13 heteroatoms. The van der Waals surface area contributed by atoms with Crippen LogP contribution in [0.15, 0.2) is 78.9 Å². The van der Waals surface area contributed by atoms with E-state index < -0.39 is 23.6 Å². The third-order valence-electron chi connectivity index (χ3n) is 8.03. The number of benzene rings is 5. The van der Waals surface area contributed by atoms with Crippen molar-refractivity contribution in [3.8, 4) is 22.3 Å². The van der Waals surface area contributed by atoms with E-state index in [9.17, 15) is 19.2 Å². The first-order valence-electron chi connectivity index (χ1n) is 13.7. The first-order valence-corrected chi connectivity index (χ1v) is 15.6. The maximum Gasteiger partial charge on any atom is 0.266 e. The fourth-order valence-electron chi connectivity index (χ4n) is 5.61. The normalized spacial score (nSPS) is 13.9. The van der Waals surface area contributed by atoms with Gasteiger partial charge in [0.15, 0.2) is 0 Å². The molecule has 47 heavy (non-hydrogen) atoms. The molecule has 232 valence electrons. The molecule has 0 aromatic heterocycles. The van der Waals surface area contributed by atoms with Crippen LogP contribution < -0.4 is 21.3 Å². The summed E-state index contributed by atoms with van der Waals surface area (Å²) >= 11 is 31.4. The number of hydrogen-bond acceptors (Lipinski definition) is 6. The molecule has 5 aromatic carbocycles. The maximum atomic E-state index is 13.6. The summed E-state index contributed by atoms with van der Waals surface area (Å²) in [5.41, 5.74) is 15.5. The van der Waals surface area contributed by atoms with Gasteiger partial charge in [0.25, 0.3) is 23.6 Å². The van der Waals surface area contributed by atoms with E-state index in [0.717, 1.165) is 9.80 Å². The monoisotopic (exact) mass is 720 g/mol. The van der Waals surface area contributed by atoms with Crippen LogP contribution in [0.3, 0.4) is 0 Å². The van der Waals surface area contributed by atoms with Crippen LogP contribution in [0.1, 0.15) is 41.4 Å². The van der Waals surface area contributed by atoms with E-state index in [1.807, 2.05) is 0 Å². The molecule has 0 unspecified atom stereocenters. The zero-order chi connectivity index (χ0) is 33.5. The fourth-order valence-corrected chi connectivity index (χ4v) is 6.85. The Morgan fingerprint density at radius 1 is 0.404 bits per heavy atom. The average Bonchev–Trinajstić information content (AvgIpc) is 3.45. The Morgan fingerprint density at radius 2 is 0.809 bits per heavy atom. The quantitative estimate of drug-likeness (QED) is 0.141. The van der Waals surface area contributed by atoms with Crippen LogP contribution in [-0.4, -0.2) is 23.6 Å². The van der Waals surface area contributed by atoms with Crippen molar-refractivity contribution in [1.82, 2.24) is 0 Å². The van der Waals surface area contributed by atoms with Crippen molar-refractivity contribution < 1.29 is 19.2 Å². The number of halogens is 5. The van der Waals surface area contributed by atoms with Crippen molar-refractivity contribution in [3.05, 3.63) is 126 Å². The largest absolute Gasteiger partial charge is 0.396 e. The summed E-state index contributed by atoms with van der Waals surface area (Å²) in [6.45, 7) is 0. The predicted molar refractivity (Wildman–Crippen MR) is 186 cm³/mol. The molecule has 2 aliphatic rings. The highest BCUT2D eigenvalue weighted by Gasteiger charge is 2.40. The zero-order valence-electron chi connectivity index (χ0n) is 23.6. The minimum atomic E-state index is -0.606. The Labute approximate surface area is 291 Å². The molecule has 0 radical (unpaired) electrons. The number of hydrogen-bond donors (Lipinski definition) is 2. The molecule has 7 rings (SSSR count). The summed E-state index contributed by atoms with van der Waals surface area (Å²) in [5.74, 6) is -2.34. The smallest absolute Gasteiger partial charge is 0.266 e. The molecule has 4 amide bonds. The molecule has 5 aromatic rings. The Balaban J connectivity index is 1.18. The van der Waals surface area contributed by atoms with E-state index in [2.05, 4.69) is 0 Å². The Hall–Kier alpha value is -4.57. The number of fused-ring (bicyclic) bond motifs is 2. The molecule has 0 fully saturated rings. The number of nitrogen functional groups attached to an aromatic ring is 2. The van der Waals surface area contributed by atoms with Crippen molar-refractivity contribution in [3.63, 3.8) is 0 Å². The lowest BCUT2D eigenvalue weighted by Crippen LogP contribution is -2.31. The Kier molecular flexibility index (Phi) is 7.46. The van der Waals surface area contributed by atoms with E-state index in [4.69, 9.17) is 69.5 Å². The third kappa shape index (κ3) is 4.92. The molecule has 0 aliphatic carbocycles. The van der Waals surface area contributed by atoms with E-state index in [1.54, 1.807) is 54.6 Å². The zero-order valence-corrected chi connectivity index (χ0v) is 27.4. The fraction of sp³-hybridized carbons (Fsp3) is 0. The second-order valence-electron chi connectivity index (χ2n) is 10.8. The van der Waals surface area contributed by atoms with Gasteiger partial charge in [-0.15, -0.1) is 0 Å². The van der Waals surface area contributed by atoms with Crippen molar-refractivity contribution in [2.75, 3.05) is 21.3 Å². The standard InChI is InChI=1S/C34H17Cl5N4O4/c35-23-13-18(42-31(44)19-4-1-14(7-21(19)33(42)46)16-9-24(36)29(40)25(37)10-16)3-6-28(23)43-32(45)20-5-2-15(8-22(20)34(43)47)17-11-26(38)30(41)27(39)12-17/h1-13H,40-41H2. The number of nitrogens with two attached hydrogens (primary N) is 2. The van der Waals surface area contributed by atoms with Gasteiger partial charge in [0, 0.05) is 0 Å². The van der Waals surface area contributed by atoms with Gasteiger partial charge in [0.05, 0.1) is 70.1 Å². The lowest BCUT2D eigenvalue weighted by atomic mass is 10.00. The van der Waals surface area contributed by atoms with Gasteiger partial charge in [-0.2, -0.15) is 0 Å². The number of carbonyl (C=O) groups excluding carboxylic acids is 4. The molecule has 2 heterocycles. The number of amides is 4. The SMILES string of the molecule is Nc1c(Cl)cc(-c2ccc3c(c2)C(=O)N(c2ccc(N4C(=O)c5ccc(-c6cc(Cl)c(N)c(Cl)c6)cc5C4=O)c(Cl)c2)C3=O)cc1Cl. The summed E-state index contributed by atoms with van der Waals surface area (Å²) in [4.78, 5) is 55.8. The van der Waals surface area contributed by atoms with Crippen molar-refractivity contribution in [2.45, 2.75) is 0 Å². The van der Waals surface area contributed by atoms with Crippen molar-refractivity contribution in [1.29, 1.82) is 0 Å². The highest BCUT2D eigenvalue weighted by atomic mass is 35.5. The van der Waals surface area contributed by atoms with Crippen LogP contribution in [0.5, 0.6) is 0 Å². The number of imide groups is 2. The number of anilines is 4. The Morgan fingerprint density at radius 3 is 1.26 bits per heavy atom. The molecular weight excluding hydrogens is 706 g/mol. The molecule has 0 bridgehead atoms. The van der Waals surface area contributed by atoms with E-state index in [-0.39, 0.29) is 70.1 Å². The van der Waals surface area contributed by atoms with Crippen LogP contribution in [0.4, 0.5) is 22.7 Å². The second-order valence-corrected chi connectivity index (χ2v) is 12.8. The summed E-state index contributed by atoms with van der Waals surface area (Å²) in [5, 5.41) is 0.972. The molecule has 0 saturated carbocycles. The van der Waals surface area contributed by atoms with Crippen LogP contribution in [-0.2, 0) is 0 Å². The lowest BCUT2D eigenvalue weighted by Gasteiger charge is -2.19. The van der Waals surface area contributed by atoms with E-state index in [1.165, 1.54) is 24.3 Å². The number of rotatable bonds is 4. The van der Waals surface area contributed by atoms with E-state index >= 15 is 0 Å². The van der Waals surface area contributed by atoms with E-state index in [0.29, 0.717) is 22.3 Å². The summed E-state index contributed by atoms with van der Waals surface area (Å²) < 4.78 is 0. The predicted octanol–water partition coefficient (Wildman–Crippen LogP) is 9.05. The Bertz CT molecular complexity index is 2240. The number of carbonyl (C=O) groups is 4. The summed E-state index contributed by atoms with van der Waals surface area (Å²) in [7, 11) is 0. The van der Waals surface area contributed by atoms with Gasteiger partial charge in [0.2, 0.25) is 0 Å². The summed E-state index contributed by atoms with van der Waals surface area (Å²) in [6.07, 6.45) is 0. The molecule has 4 N–H and O–H groups in total. The third-order valence-corrected chi connectivity index (χ3v) is 9.58. The van der Waals surface area contributed by atoms with Crippen LogP contribution in [0.25, 0.3) is 22.3 Å². The minimum absolute atomic E-state index is 0.0299. The van der Waals surface area contributed by atoms with Gasteiger partial charge in [-0.3, -0.25) is 19.2 Å². The van der Waals surface area contributed by atoms with Gasteiger partial charge >= 0.3 is 0 Å². The molecule has 2 aliphatic heterocycles. The average molecular weight is 723 g/mol. The topological polar surface area (TPSA) is 127 Å². The van der Waals surface area contributed by atoms with Gasteiger partial charge in [-0.1, -0.05) is 70.1 Å². The van der Waals surface area contributed by atoms with Crippen LogP contribution in [0, 0.1) is 0 Å². The first-order chi connectivity index (χ1) is 22.3. The molecule has 0 spiro atoms.